The SMILES string of the molecule is COc1cccc(CN2C(=O)N(C3CCCCC3)[C@@H](N(O)C(=O)NC3CCCCC3)C2(C)C)c1OC. The van der Waals surface area contributed by atoms with Gasteiger partial charge in [-0.15, -0.1) is 0 Å². The summed E-state index contributed by atoms with van der Waals surface area (Å²) in [6, 6.07) is 4.93. The molecule has 1 heterocycles. The van der Waals surface area contributed by atoms with Gasteiger partial charge in [-0.25, -0.2) is 9.59 Å². The average Bonchev–Trinajstić information content (AvgIpc) is 3.09. The van der Waals surface area contributed by atoms with Crippen molar-refractivity contribution in [2.75, 3.05) is 14.2 Å². The van der Waals surface area contributed by atoms with Gasteiger partial charge in [0.25, 0.3) is 0 Å². The smallest absolute Gasteiger partial charge is 0.343 e. The van der Waals surface area contributed by atoms with E-state index in [4.69, 9.17) is 9.47 Å². The minimum atomic E-state index is -0.860. The van der Waals surface area contributed by atoms with E-state index in [1.807, 2.05) is 32.0 Å². The Kier molecular flexibility index (Phi) is 8.17. The summed E-state index contributed by atoms with van der Waals surface area (Å²) in [5.74, 6) is 1.17. The van der Waals surface area contributed by atoms with Gasteiger partial charge < -0.3 is 19.7 Å². The van der Waals surface area contributed by atoms with Gasteiger partial charge in [0.15, 0.2) is 17.7 Å². The second-order valence-electron chi connectivity index (χ2n) is 10.9. The normalized spacial score (nSPS) is 23.0. The van der Waals surface area contributed by atoms with E-state index >= 15 is 0 Å². The van der Waals surface area contributed by atoms with Crippen LogP contribution in [0.5, 0.6) is 11.5 Å². The van der Waals surface area contributed by atoms with Crippen molar-refractivity contribution in [3.63, 3.8) is 0 Å². The third kappa shape index (κ3) is 5.08. The molecule has 4 amide bonds. The van der Waals surface area contributed by atoms with Crippen molar-refractivity contribution in [2.24, 2.45) is 0 Å². The summed E-state index contributed by atoms with van der Waals surface area (Å²) in [6.07, 6.45) is 9.30. The predicted octanol–water partition coefficient (Wildman–Crippen LogP) is 5.11. The lowest BCUT2D eigenvalue weighted by Gasteiger charge is -2.42. The van der Waals surface area contributed by atoms with E-state index in [9.17, 15) is 14.8 Å². The summed E-state index contributed by atoms with van der Waals surface area (Å²) in [5.41, 5.74) is -0.0555. The van der Waals surface area contributed by atoms with E-state index in [1.54, 1.807) is 24.0 Å². The first-order chi connectivity index (χ1) is 17.3. The van der Waals surface area contributed by atoms with Gasteiger partial charge in [0, 0.05) is 17.6 Å². The van der Waals surface area contributed by atoms with Gasteiger partial charge in [-0.3, -0.25) is 10.1 Å². The summed E-state index contributed by atoms with van der Waals surface area (Å²) in [7, 11) is 3.17. The number of rotatable bonds is 7. The van der Waals surface area contributed by atoms with Crippen LogP contribution >= 0.6 is 0 Å². The van der Waals surface area contributed by atoms with Crippen LogP contribution in [0.25, 0.3) is 0 Å². The molecular weight excluding hydrogens is 460 g/mol. The van der Waals surface area contributed by atoms with E-state index < -0.39 is 17.7 Å². The van der Waals surface area contributed by atoms with Gasteiger partial charge in [0.05, 0.1) is 26.3 Å². The Balaban J connectivity index is 1.64. The summed E-state index contributed by atoms with van der Waals surface area (Å²) < 4.78 is 11.1. The maximum atomic E-state index is 14.0. The zero-order chi connectivity index (χ0) is 25.9. The Bertz CT molecular complexity index is 927. The minimum Gasteiger partial charge on any atom is -0.493 e. The lowest BCUT2D eigenvalue weighted by atomic mass is 9.92. The van der Waals surface area contributed by atoms with Crippen LogP contribution in [-0.4, -0.2) is 70.1 Å². The Labute approximate surface area is 214 Å². The Hall–Kier alpha value is -2.68. The molecule has 0 unspecified atom stereocenters. The molecule has 2 saturated carbocycles. The van der Waals surface area contributed by atoms with E-state index in [0.29, 0.717) is 11.5 Å². The van der Waals surface area contributed by atoms with Gasteiger partial charge in [-0.05, 0) is 45.6 Å². The molecule has 36 heavy (non-hydrogen) atoms. The maximum absolute atomic E-state index is 14.0. The number of carbonyl (C=O) groups excluding carboxylic acids is 2. The molecule has 9 heteroatoms. The van der Waals surface area contributed by atoms with Crippen LogP contribution in [0.15, 0.2) is 18.2 Å². The van der Waals surface area contributed by atoms with Gasteiger partial charge in [0.2, 0.25) is 0 Å². The highest BCUT2D eigenvalue weighted by molar-refractivity contribution is 5.81. The highest BCUT2D eigenvalue weighted by atomic mass is 16.5. The third-order valence-electron chi connectivity index (χ3n) is 8.20. The van der Waals surface area contributed by atoms with Crippen molar-refractivity contribution < 1.29 is 24.3 Å². The molecule has 4 rings (SSSR count). The number of nitrogens with one attached hydrogen (secondary N) is 1. The maximum Gasteiger partial charge on any atom is 0.343 e. The summed E-state index contributed by atoms with van der Waals surface area (Å²) in [4.78, 5) is 30.8. The van der Waals surface area contributed by atoms with Crippen LogP contribution in [0.2, 0.25) is 0 Å². The predicted molar refractivity (Wildman–Crippen MR) is 136 cm³/mol. The highest BCUT2D eigenvalue weighted by Gasteiger charge is 2.57. The van der Waals surface area contributed by atoms with Crippen molar-refractivity contribution in [1.82, 2.24) is 20.2 Å². The Morgan fingerprint density at radius 1 is 1.06 bits per heavy atom. The number of nitrogens with zero attached hydrogens (tertiary/aromatic N) is 3. The zero-order valence-electron chi connectivity index (χ0n) is 22.2. The standard InChI is InChI=1S/C27H42N4O5/c1-27(2)24(31(34)25(32)28-20-13-7-5-8-14-20)30(21-15-9-6-10-16-21)26(33)29(27)18-19-12-11-17-22(35-3)23(19)36-4/h11-12,17,20-21,24,34H,5-10,13-16,18H2,1-4H3,(H,28,32)/t24-/m0/s1. The number of carbonyl (C=O) groups is 2. The van der Waals surface area contributed by atoms with Gasteiger partial charge >= 0.3 is 12.1 Å². The molecule has 0 aromatic heterocycles. The molecule has 1 aliphatic heterocycles. The number of methoxy groups -OCH3 is 2. The molecule has 3 aliphatic rings. The average molecular weight is 503 g/mol. The van der Waals surface area contributed by atoms with Crippen LogP contribution in [0.4, 0.5) is 9.59 Å². The number of para-hydroxylation sites is 1. The Morgan fingerprint density at radius 2 is 1.69 bits per heavy atom. The van der Waals surface area contributed by atoms with Crippen molar-refractivity contribution in [2.45, 2.75) is 108 Å². The number of hydrogen-bond donors (Lipinski definition) is 2. The van der Waals surface area contributed by atoms with Crippen LogP contribution in [0.1, 0.15) is 83.6 Å². The minimum absolute atomic E-state index is 0.0233. The molecule has 1 atom stereocenters. The molecule has 1 aromatic carbocycles. The number of ether oxygens (including phenoxy) is 2. The Morgan fingerprint density at radius 3 is 2.31 bits per heavy atom. The monoisotopic (exact) mass is 502 g/mol. The van der Waals surface area contributed by atoms with Crippen LogP contribution in [0.3, 0.4) is 0 Å². The first kappa shape index (κ1) is 26.4. The molecule has 200 valence electrons. The van der Waals surface area contributed by atoms with E-state index in [2.05, 4.69) is 5.32 Å². The number of hydrogen-bond acceptors (Lipinski definition) is 5. The van der Waals surface area contributed by atoms with Gasteiger partial charge in [-0.1, -0.05) is 50.7 Å². The molecule has 1 saturated heterocycles. The molecule has 0 bridgehead atoms. The summed E-state index contributed by atoms with van der Waals surface area (Å²) >= 11 is 0. The van der Waals surface area contributed by atoms with E-state index in [1.165, 1.54) is 6.42 Å². The molecule has 3 fully saturated rings. The zero-order valence-corrected chi connectivity index (χ0v) is 22.2. The molecular formula is C27H42N4O5. The lowest BCUT2D eigenvalue weighted by Crippen LogP contribution is -2.61. The third-order valence-corrected chi connectivity index (χ3v) is 8.20. The van der Waals surface area contributed by atoms with Gasteiger partial charge in [-0.2, -0.15) is 5.06 Å². The quantitative estimate of drug-likeness (QED) is 0.399. The summed E-state index contributed by atoms with van der Waals surface area (Å²) in [6.45, 7) is 4.11. The first-order valence-electron chi connectivity index (χ1n) is 13.4. The number of benzene rings is 1. The van der Waals surface area contributed by atoms with Crippen molar-refractivity contribution >= 4 is 12.1 Å². The van der Waals surface area contributed by atoms with Crippen molar-refractivity contribution in [1.29, 1.82) is 0 Å². The largest absolute Gasteiger partial charge is 0.493 e. The van der Waals surface area contributed by atoms with Crippen LogP contribution < -0.4 is 14.8 Å². The molecule has 2 N–H and O–H groups in total. The molecule has 0 spiro atoms. The number of hydroxylamine groups is 2. The van der Waals surface area contributed by atoms with Crippen LogP contribution in [0, 0.1) is 0 Å². The van der Waals surface area contributed by atoms with Gasteiger partial charge in [0.1, 0.15) is 0 Å². The van der Waals surface area contributed by atoms with E-state index in [0.717, 1.165) is 68.4 Å². The lowest BCUT2D eigenvalue weighted by molar-refractivity contribution is -0.141. The molecule has 2 aliphatic carbocycles. The van der Waals surface area contributed by atoms with Crippen molar-refractivity contribution in [3.05, 3.63) is 23.8 Å². The number of amides is 4. The first-order valence-corrected chi connectivity index (χ1v) is 13.4. The fraction of sp³-hybridized carbons (Fsp3) is 0.704. The number of urea groups is 2. The van der Waals surface area contributed by atoms with E-state index in [-0.39, 0.29) is 24.7 Å². The summed E-state index contributed by atoms with van der Waals surface area (Å²) in [5, 5.41) is 15.1. The highest BCUT2D eigenvalue weighted by Crippen LogP contribution is 2.41. The van der Waals surface area contributed by atoms with Crippen LogP contribution in [-0.2, 0) is 6.54 Å². The molecule has 1 aromatic rings. The fourth-order valence-electron chi connectivity index (χ4n) is 6.22. The molecule has 0 radical (unpaired) electrons. The molecule has 9 nitrogen and oxygen atoms in total. The fourth-order valence-corrected chi connectivity index (χ4v) is 6.22. The van der Waals surface area contributed by atoms with Crippen molar-refractivity contribution in [3.8, 4) is 11.5 Å². The second-order valence-corrected chi connectivity index (χ2v) is 10.9. The topological polar surface area (TPSA) is 94.6 Å². The second kappa shape index (κ2) is 11.2.